The van der Waals surface area contributed by atoms with Crippen LogP contribution in [0.2, 0.25) is 0 Å². The van der Waals surface area contributed by atoms with E-state index in [-0.39, 0.29) is 10.8 Å². The Labute approximate surface area is 103 Å². The van der Waals surface area contributed by atoms with Crippen LogP contribution >= 0.6 is 0 Å². The number of nitrogens with one attached hydrogen (secondary N) is 1. The molecule has 0 aliphatic heterocycles. The fourth-order valence-electron chi connectivity index (χ4n) is 1.52. The van der Waals surface area contributed by atoms with E-state index in [2.05, 4.69) is 4.72 Å². The molecule has 4 nitrogen and oxygen atoms in total. The standard InChI is InChI=1S/C12H20N2O2S/c1-8(2)7-14-17(15,16)12-10(4)9(3)5-6-11(12)13/h5-6,8,14H,7,13H2,1-4H3. The third kappa shape index (κ3) is 3.20. The van der Waals surface area contributed by atoms with Crippen LogP contribution in [0.5, 0.6) is 0 Å². The lowest BCUT2D eigenvalue weighted by Crippen LogP contribution is -2.29. The molecule has 0 aromatic heterocycles. The van der Waals surface area contributed by atoms with Crippen LogP contribution in [0.3, 0.4) is 0 Å². The van der Waals surface area contributed by atoms with Crippen molar-refractivity contribution in [2.75, 3.05) is 12.3 Å². The first-order valence-corrected chi connectivity index (χ1v) is 7.09. The van der Waals surface area contributed by atoms with Gasteiger partial charge in [0.25, 0.3) is 0 Å². The maximum Gasteiger partial charge on any atom is 0.242 e. The van der Waals surface area contributed by atoms with E-state index in [0.29, 0.717) is 17.8 Å². The normalized spacial score (nSPS) is 12.1. The van der Waals surface area contributed by atoms with Gasteiger partial charge in [-0.15, -0.1) is 0 Å². The molecule has 1 aromatic rings. The number of anilines is 1. The highest BCUT2D eigenvalue weighted by Gasteiger charge is 2.20. The maximum atomic E-state index is 12.1. The summed E-state index contributed by atoms with van der Waals surface area (Å²) in [7, 11) is -3.51. The van der Waals surface area contributed by atoms with Gasteiger partial charge in [0.2, 0.25) is 10.0 Å². The molecule has 0 atom stereocenters. The van der Waals surface area contributed by atoms with Gasteiger partial charge >= 0.3 is 0 Å². The molecule has 3 N–H and O–H groups in total. The Morgan fingerprint density at radius 1 is 1.29 bits per heavy atom. The average molecular weight is 256 g/mol. The van der Waals surface area contributed by atoms with Gasteiger partial charge in [-0.05, 0) is 37.0 Å². The average Bonchev–Trinajstić information content (AvgIpc) is 2.21. The number of sulfonamides is 1. The SMILES string of the molecule is Cc1ccc(N)c(S(=O)(=O)NCC(C)C)c1C. The Morgan fingerprint density at radius 3 is 2.41 bits per heavy atom. The van der Waals surface area contributed by atoms with Gasteiger partial charge in [0.1, 0.15) is 4.90 Å². The van der Waals surface area contributed by atoms with Gasteiger partial charge in [-0.3, -0.25) is 0 Å². The number of rotatable bonds is 4. The topological polar surface area (TPSA) is 72.2 Å². The van der Waals surface area contributed by atoms with E-state index in [4.69, 9.17) is 5.73 Å². The molecule has 0 spiro atoms. The summed E-state index contributed by atoms with van der Waals surface area (Å²) >= 11 is 0. The smallest absolute Gasteiger partial charge is 0.242 e. The minimum Gasteiger partial charge on any atom is -0.398 e. The summed E-state index contributed by atoms with van der Waals surface area (Å²) in [4.78, 5) is 0.207. The van der Waals surface area contributed by atoms with Crippen LogP contribution in [-0.2, 0) is 10.0 Å². The van der Waals surface area contributed by atoms with E-state index >= 15 is 0 Å². The van der Waals surface area contributed by atoms with Crippen molar-refractivity contribution in [1.29, 1.82) is 0 Å². The molecule has 0 fully saturated rings. The summed E-state index contributed by atoms with van der Waals surface area (Å²) < 4.78 is 26.9. The zero-order valence-electron chi connectivity index (χ0n) is 10.7. The molecule has 5 heteroatoms. The van der Waals surface area contributed by atoms with Crippen LogP contribution in [0.1, 0.15) is 25.0 Å². The molecule has 1 aromatic carbocycles. The second-order valence-electron chi connectivity index (χ2n) is 4.67. The quantitative estimate of drug-likeness (QED) is 0.807. The molecule has 0 aliphatic rings. The van der Waals surface area contributed by atoms with Crippen LogP contribution in [0.25, 0.3) is 0 Å². The van der Waals surface area contributed by atoms with Crippen molar-refractivity contribution in [2.24, 2.45) is 5.92 Å². The summed E-state index contributed by atoms with van der Waals surface area (Å²) in [6, 6.07) is 3.46. The summed E-state index contributed by atoms with van der Waals surface area (Å²) in [5, 5.41) is 0. The largest absolute Gasteiger partial charge is 0.398 e. The van der Waals surface area contributed by atoms with E-state index in [9.17, 15) is 8.42 Å². The van der Waals surface area contributed by atoms with E-state index in [1.807, 2.05) is 26.8 Å². The molecule has 0 saturated carbocycles. The minimum absolute atomic E-state index is 0.207. The Balaban J connectivity index is 3.19. The van der Waals surface area contributed by atoms with Crippen molar-refractivity contribution in [2.45, 2.75) is 32.6 Å². The molecule has 0 unspecified atom stereocenters. The molecule has 0 amide bonds. The molecule has 0 heterocycles. The van der Waals surface area contributed by atoms with E-state index in [1.165, 1.54) is 0 Å². The van der Waals surface area contributed by atoms with Gasteiger partial charge in [-0.2, -0.15) is 0 Å². The van der Waals surface area contributed by atoms with E-state index in [0.717, 1.165) is 5.56 Å². The van der Waals surface area contributed by atoms with Crippen LogP contribution < -0.4 is 10.5 Å². The Kier molecular flexibility index (Phi) is 4.16. The number of nitrogen functional groups attached to an aromatic ring is 1. The van der Waals surface area contributed by atoms with Gasteiger partial charge in [0, 0.05) is 6.54 Å². The van der Waals surface area contributed by atoms with Gasteiger partial charge in [0.15, 0.2) is 0 Å². The predicted octanol–water partition coefficient (Wildman–Crippen LogP) is 1.82. The highest BCUT2D eigenvalue weighted by atomic mass is 32.2. The molecule has 17 heavy (non-hydrogen) atoms. The number of benzene rings is 1. The zero-order valence-corrected chi connectivity index (χ0v) is 11.6. The molecular weight excluding hydrogens is 236 g/mol. The van der Waals surface area contributed by atoms with E-state index in [1.54, 1.807) is 13.0 Å². The Bertz CT molecular complexity index is 507. The van der Waals surface area contributed by atoms with Crippen LogP contribution in [-0.4, -0.2) is 15.0 Å². The third-order valence-electron chi connectivity index (χ3n) is 2.66. The summed E-state index contributed by atoms with van der Waals surface area (Å²) in [6.07, 6.45) is 0. The molecule has 0 bridgehead atoms. The molecule has 0 aliphatic carbocycles. The molecule has 96 valence electrons. The first-order chi connectivity index (χ1) is 7.75. The van der Waals surface area contributed by atoms with Crippen LogP contribution in [0, 0.1) is 19.8 Å². The van der Waals surface area contributed by atoms with Crippen molar-refractivity contribution < 1.29 is 8.42 Å². The van der Waals surface area contributed by atoms with Gasteiger partial charge < -0.3 is 5.73 Å². The van der Waals surface area contributed by atoms with Crippen molar-refractivity contribution in [3.8, 4) is 0 Å². The first kappa shape index (κ1) is 14.0. The number of hydrogen-bond acceptors (Lipinski definition) is 3. The Morgan fingerprint density at radius 2 is 1.88 bits per heavy atom. The van der Waals surface area contributed by atoms with Crippen molar-refractivity contribution in [1.82, 2.24) is 4.72 Å². The van der Waals surface area contributed by atoms with E-state index < -0.39 is 10.0 Å². The molecular formula is C12H20N2O2S. The Hall–Kier alpha value is -1.07. The molecule has 0 radical (unpaired) electrons. The van der Waals surface area contributed by atoms with Crippen LogP contribution in [0.4, 0.5) is 5.69 Å². The molecule has 1 rings (SSSR count). The maximum absolute atomic E-state index is 12.1. The third-order valence-corrected chi connectivity index (χ3v) is 4.28. The van der Waals surface area contributed by atoms with Gasteiger partial charge in [-0.1, -0.05) is 19.9 Å². The molecule has 0 saturated heterocycles. The second-order valence-corrected chi connectivity index (χ2v) is 6.38. The monoisotopic (exact) mass is 256 g/mol. The van der Waals surface area contributed by atoms with Crippen molar-refractivity contribution >= 4 is 15.7 Å². The number of aryl methyl sites for hydroxylation is 1. The van der Waals surface area contributed by atoms with Crippen molar-refractivity contribution in [3.63, 3.8) is 0 Å². The second kappa shape index (κ2) is 5.06. The summed E-state index contributed by atoms with van der Waals surface area (Å²) in [5.41, 5.74) is 7.69. The fraction of sp³-hybridized carbons (Fsp3) is 0.500. The van der Waals surface area contributed by atoms with Gasteiger partial charge in [-0.25, -0.2) is 13.1 Å². The summed E-state index contributed by atoms with van der Waals surface area (Å²) in [6.45, 7) is 7.96. The lowest BCUT2D eigenvalue weighted by atomic mass is 10.1. The minimum atomic E-state index is -3.51. The highest BCUT2D eigenvalue weighted by Crippen LogP contribution is 2.24. The van der Waals surface area contributed by atoms with Crippen LogP contribution in [0.15, 0.2) is 17.0 Å². The number of nitrogens with two attached hydrogens (primary N) is 1. The lowest BCUT2D eigenvalue weighted by molar-refractivity contribution is 0.560. The summed E-state index contributed by atoms with van der Waals surface area (Å²) in [5.74, 6) is 0.260. The number of hydrogen-bond donors (Lipinski definition) is 2. The van der Waals surface area contributed by atoms with Gasteiger partial charge in [0.05, 0.1) is 5.69 Å². The first-order valence-electron chi connectivity index (χ1n) is 5.61. The zero-order chi connectivity index (χ0) is 13.2. The predicted molar refractivity (Wildman–Crippen MR) is 70.4 cm³/mol. The fourth-order valence-corrected chi connectivity index (χ4v) is 3.16. The van der Waals surface area contributed by atoms with Crippen molar-refractivity contribution in [3.05, 3.63) is 23.3 Å². The lowest BCUT2D eigenvalue weighted by Gasteiger charge is -2.14. The highest BCUT2D eigenvalue weighted by molar-refractivity contribution is 7.89.